The van der Waals surface area contributed by atoms with Crippen molar-refractivity contribution in [3.05, 3.63) is 59.7 Å². The van der Waals surface area contributed by atoms with E-state index in [1.165, 1.54) is 42.4 Å². The molecule has 0 N–H and O–H groups in total. The van der Waals surface area contributed by atoms with Crippen molar-refractivity contribution < 1.29 is 0 Å². The quantitative estimate of drug-likeness (QED) is 0.593. The van der Waals surface area contributed by atoms with E-state index in [9.17, 15) is 0 Å². The molecule has 1 saturated carbocycles. The summed E-state index contributed by atoms with van der Waals surface area (Å²) in [7, 11) is 0. The van der Waals surface area contributed by atoms with E-state index >= 15 is 0 Å². The van der Waals surface area contributed by atoms with E-state index in [1.54, 1.807) is 0 Å². The van der Waals surface area contributed by atoms with Crippen molar-refractivity contribution in [1.82, 2.24) is 0 Å². The molecule has 0 aliphatic heterocycles. The first-order valence-electron chi connectivity index (χ1n) is 8.39. The average Bonchev–Trinajstić information content (AvgIpc) is 2.57. The second kappa shape index (κ2) is 6.84. The molecular formula is C22H24. The van der Waals surface area contributed by atoms with Gasteiger partial charge in [0.25, 0.3) is 0 Å². The van der Waals surface area contributed by atoms with E-state index in [0.29, 0.717) is 0 Å². The van der Waals surface area contributed by atoms with E-state index in [1.807, 2.05) is 6.92 Å². The predicted octanol–water partition coefficient (Wildman–Crippen LogP) is 6.02. The largest absolute Gasteiger partial charge is 0.101 e. The van der Waals surface area contributed by atoms with Crippen LogP contribution in [0.2, 0.25) is 0 Å². The Hall–Kier alpha value is -2.00. The van der Waals surface area contributed by atoms with Crippen LogP contribution >= 0.6 is 0 Å². The fraction of sp³-hybridized carbons (Fsp3) is 0.364. The summed E-state index contributed by atoms with van der Waals surface area (Å²) in [6.45, 7) is 4.25. The van der Waals surface area contributed by atoms with Gasteiger partial charge >= 0.3 is 0 Å². The lowest BCUT2D eigenvalue weighted by Crippen LogP contribution is -2.10. The Bertz CT molecular complexity index is 657. The highest BCUT2D eigenvalue weighted by Crippen LogP contribution is 2.36. The Morgan fingerprint density at radius 1 is 0.773 bits per heavy atom. The molecule has 0 spiro atoms. The topological polar surface area (TPSA) is 0 Å². The first kappa shape index (κ1) is 14.9. The Labute approximate surface area is 134 Å². The SMILES string of the molecule is CC#Cc1ccc(-c2ccc(C3CCC(C)CC3)cc2)cc1. The first-order valence-corrected chi connectivity index (χ1v) is 8.39. The van der Waals surface area contributed by atoms with Crippen molar-refractivity contribution in [2.75, 3.05) is 0 Å². The third-order valence-corrected chi connectivity index (χ3v) is 4.89. The monoisotopic (exact) mass is 288 g/mol. The van der Waals surface area contributed by atoms with Crippen LogP contribution < -0.4 is 0 Å². The van der Waals surface area contributed by atoms with Crippen LogP contribution in [0.3, 0.4) is 0 Å². The van der Waals surface area contributed by atoms with E-state index < -0.39 is 0 Å². The molecule has 112 valence electrons. The van der Waals surface area contributed by atoms with Crippen LogP contribution in [0.1, 0.15) is 56.6 Å². The van der Waals surface area contributed by atoms with Gasteiger partial charge in [-0.15, -0.1) is 5.92 Å². The smallest absolute Gasteiger partial charge is 0.0245 e. The lowest BCUT2D eigenvalue weighted by Gasteiger charge is -2.26. The Kier molecular flexibility index (Phi) is 4.64. The Morgan fingerprint density at radius 3 is 1.86 bits per heavy atom. The molecule has 0 radical (unpaired) electrons. The second-order valence-electron chi connectivity index (χ2n) is 6.53. The lowest BCUT2D eigenvalue weighted by molar-refractivity contribution is 0.348. The summed E-state index contributed by atoms with van der Waals surface area (Å²) in [5, 5.41) is 0. The highest BCUT2D eigenvalue weighted by Gasteiger charge is 2.19. The van der Waals surface area contributed by atoms with Crippen LogP contribution in [-0.2, 0) is 0 Å². The van der Waals surface area contributed by atoms with Gasteiger partial charge in [0.05, 0.1) is 0 Å². The van der Waals surface area contributed by atoms with Crippen LogP contribution in [0.25, 0.3) is 11.1 Å². The van der Waals surface area contributed by atoms with Crippen molar-refractivity contribution in [3.8, 4) is 23.0 Å². The first-order chi connectivity index (χ1) is 10.8. The summed E-state index contributed by atoms with van der Waals surface area (Å²) in [6.07, 6.45) is 5.47. The number of rotatable bonds is 2. The summed E-state index contributed by atoms with van der Waals surface area (Å²) >= 11 is 0. The molecule has 22 heavy (non-hydrogen) atoms. The summed E-state index contributed by atoms with van der Waals surface area (Å²) in [4.78, 5) is 0. The van der Waals surface area contributed by atoms with E-state index in [2.05, 4.69) is 67.3 Å². The van der Waals surface area contributed by atoms with Gasteiger partial charge in [0.1, 0.15) is 0 Å². The van der Waals surface area contributed by atoms with Gasteiger partial charge in [-0.1, -0.05) is 62.1 Å². The molecule has 0 atom stereocenters. The molecule has 3 rings (SSSR count). The Morgan fingerprint density at radius 2 is 1.32 bits per heavy atom. The zero-order chi connectivity index (χ0) is 15.4. The zero-order valence-electron chi connectivity index (χ0n) is 13.6. The molecule has 1 fully saturated rings. The van der Waals surface area contributed by atoms with Crippen LogP contribution in [0, 0.1) is 17.8 Å². The summed E-state index contributed by atoms with van der Waals surface area (Å²) in [6, 6.07) is 17.7. The van der Waals surface area contributed by atoms with Gasteiger partial charge < -0.3 is 0 Å². The predicted molar refractivity (Wildman–Crippen MR) is 94.8 cm³/mol. The fourth-order valence-electron chi connectivity index (χ4n) is 3.43. The molecule has 0 heterocycles. The molecule has 0 bridgehead atoms. The maximum atomic E-state index is 3.09. The van der Waals surface area contributed by atoms with Crippen molar-refractivity contribution in [1.29, 1.82) is 0 Å². The third-order valence-electron chi connectivity index (χ3n) is 4.89. The minimum atomic E-state index is 0.771. The zero-order valence-corrected chi connectivity index (χ0v) is 13.6. The molecule has 0 aromatic heterocycles. The normalized spacial score (nSPS) is 21.0. The van der Waals surface area contributed by atoms with Crippen molar-refractivity contribution >= 4 is 0 Å². The molecule has 2 aromatic carbocycles. The van der Waals surface area contributed by atoms with Gasteiger partial charge in [0.15, 0.2) is 0 Å². The molecular weight excluding hydrogens is 264 g/mol. The number of hydrogen-bond acceptors (Lipinski definition) is 0. The minimum absolute atomic E-state index is 0.771. The molecule has 0 amide bonds. The van der Waals surface area contributed by atoms with Gasteiger partial charge in [-0.05, 0) is 60.4 Å². The van der Waals surface area contributed by atoms with Crippen LogP contribution in [0.15, 0.2) is 48.5 Å². The van der Waals surface area contributed by atoms with Gasteiger partial charge in [0.2, 0.25) is 0 Å². The van der Waals surface area contributed by atoms with Gasteiger partial charge in [-0.25, -0.2) is 0 Å². The fourth-order valence-corrected chi connectivity index (χ4v) is 3.43. The van der Waals surface area contributed by atoms with Crippen LogP contribution in [0.5, 0.6) is 0 Å². The highest BCUT2D eigenvalue weighted by molar-refractivity contribution is 5.64. The molecule has 0 unspecified atom stereocenters. The molecule has 0 nitrogen and oxygen atoms in total. The van der Waals surface area contributed by atoms with Crippen molar-refractivity contribution in [2.24, 2.45) is 5.92 Å². The van der Waals surface area contributed by atoms with E-state index in [4.69, 9.17) is 0 Å². The standard InChI is InChI=1S/C22H24/c1-3-4-18-7-11-20(12-8-18)22-15-13-21(14-16-22)19-9-5-17(2)6-10-19/h7-8,11-17,19H,5-6,9-10H2,1-2H3. The summed E-state index contributed by atoms with van der Waals surface area (Å²) in [5.41, 5.74) is 5.16. The van der Waals surface area contributed by atoms with E-state index in [0.717, 1.165) is 17.4 Å². The van der Waals surface area contributed by atoms with Gasteiger partial charge in [0, 0.05) is 5.56 Å². The Balaban J connectivity index is 1.74. The highest BCUT2D eigenvalue weighted by atomic mass is 14.2. The van der Waals surface area contributed by atoms with Gasteiger partial charge in [-0.2, -0.15) is 0 Å². The van der Waals surface area contributed by atoms with Crippen LogP contribution in [-0.4, -0.2) is 0 Å². The molecule has 0 saturated heterocycles. The van der Waals surface area contributed by atoms with Crippen molar-refractivity contribution in [2.45, 2.75) is 45.4 Å². The molecule has 2 aromatic rings. The molecule has 1 aliphatic rings. The molecule has 0 heteroatoms. The minimum Gasteiger partial charge on any atom is -0.101 e. The number of hydrogen-bond donors (Lipinski definition) is 0. The molecule has 1 aliphatic carbocycles. The number of benzene rings is 2. The lowest BCUT2D eigenvalue weighted by atomic mass is 9.79. The third kappa shape index (κ3) is 3.42. The van der Waals surface area contributed by atoms with E-state index in [-0.39, 0.29) is 0 Å². The van der Waals surface area contributed by atoms with Crippen LogP contribution in [0.4, 0.5) is 0 Å². The van der Waals surface area contributed by atoms with Gasteiger partial charge in [-0.3, -0.25) is 0 Å². The second-order valence-corrected chi connectivity index (χ2v) is 6.53. The average molecular weight is 288 g/mol. The van der Waals surface area contributed by atoms with Crippen molar-refractivity contribution in [3.63, 3.8) is 0 Å². The maximum Gasteiger partial charge on any atom is 0.0245 e. The summed E-state index contributed by atoms with van der Waals surface area (Å²) in [5.74, 6) is 7.72. The maximum absolute atomic E-state index is 3.09. The summed E-state index contributed by atoms with van der Waals surface area (Å²) < 4.78 is 0.